The van der Waals surface area contributed by atoms with Gasteiger partial charge in [-0.15, -0.1) is 0 Å². The predicted molar refractivity (Wildman–Crippen MR) is 61.2 cm³/mol. The number of halogens is 1. The lowest BCUT2D eigenvalue weighted by atomic mass is 10.3. The molecule has 0 saturated heterocycles. The molecular weight excluding hydrogens is 214 g/mol. The van der Waals surface area contributed by atoms with Crippen LogP contribution < -0.4 is 10.6 Å². The SMILES string of the molecule is CCCCNC(=O)Nc1ncccc1Cl. The molecule has 0 fully saturated rings. The molecule has 0 aromatic carbocycles. The average Bonchev–Trinajstić information content (AvgIpc) is 2.22. The molecule has 0 radical (unpaired) electrons. The minimum Gasteiger partial charge on any atom is -0.338 e. The number of carbonyl (C=O) groups is 1. The normalized spacial score (nSPS) is 9.73. The number of aromatic nitrogens is 1. The number of nitrogens with zero attached hydrogens (tertiary/aromatic N) is 1. The predicted octanol–water partition coefficient (Wildman–Crippen LogP) is 2.66. The molecule has 0 bridgehead atoms. The molecule has 0 spiro atoms. The quantitative estimate of drug-likeness (QED) is 0.777. The third kappa shape index (κ3) is 4.16. The number of hydrogen-bond acceptors (Lipinski definition) is 2. The van der Waals surface area contributed by atoms with Crippen molar-refractivity contribution in [3.63, 3.8) is 0 Å². The van der Waals surface area contributed by atoms with Crippen molar-refractivity contribution < 1.29 is 4.79 Å². The molecule has 4 nitrogen and oxygen atoms in total. The van der Waals surface area contributed by atoms with Crippen LogP contribution in [0.15, 0.2) is 18.3 Å². The van der Waals surface area contributed by atoms with Gasteiger partial charge in [0.2, 0.25) is 0 Å². The van der Waals surface area contributed by atoms with E-state index in [1.807, 2.05) is 0 Å². The summed E-state index contributed by atoms with van der Waals surface area (Å²) < 4.78 is 0. The molecule has 0 aliphatic rings. The number of anilines is 1. The van der Waals surface area contributed by atoms with Crippen LogP contribution in [-0.4, -0.2) is 17.6 Å². The molecule has 0 aliphatic carbocycles. The van der Waals surface area contributed by atoms with E-state index in [0.717, 1.165) is 12.8 Å². The number of carbonyl (C=O) groups excluding carboxylic acids is 1. The molecular formula is C10H14ClN3O. The van der Waals surface area contributed by atoms with Gasteiger partial charge in [0.05, 0.1) is 5.02 Å². The summed E-state index contributed by atoms with van der Waals surface area (Å²) in [5.74, 6) is 0.383. The highest BCUT2D eigenvalue weighted by Crippen LogP contribution is 2.16. The van der Waals surface area contributed by atoms with E-state index >= 15 is 0 Å². The van der Waals surface area contributed by atoms with Crippen LogP contribution in [0.4, 0.5) is 10.6 Å². The monoisotopic (exact) mass is 227 g/mol. The van der Waals surface area contributed by atoms with Crippen molar-refractivity contribution in [2.75, 3.05) is 11.9 Å². The maximum Gasteiger partial charge on any atom is 0.320 e. The van der Waals surface area contributed by atoms with Crippen LogP contribution >= 0.6 is 11.6 Å². The first-order chi connectivity index (χ1) is 7.24. The van der Waals surface area contributed by atoms with Crippen LogP contribution in [-0.2, 0) is 0 Å². The molecule has 0 atom stereocenters. The molecule has 2 N–H and O–H groups in total. The van der Waals surface area contributed by atoms with Gasteiger partial charge >= 0.3 is 6.03 Å². The number of rotatable bonds is 4. The minimum atomic E-state index is -0.274. The van der Waals surface area contributed by atoms with E-state index in [-0.39, 0.29) is 6.03 Å². The molecule has 1 aromatic rings. The fourth-order valence-electron chi connectivity index (χ4n) is 1.01. The van der Waals surface area contributed by atoms with Gasteiger partial charge in [-0.1, -0.05) is 24.9 Å². The van der Waals surface area contributed by atoms with Gasteiger partial charge in [0.1, 0.15) is 0 Å². The first-order valence-corrected chi connectivity index (χ1v) is 5.27. The van der Waals surface area contributed by atoms with Gasteiger partial charge in [-0.2, -0.15) is 0 Å². The summed E-state index contributed by atoms with van der Waals surface area (Å²) in [5, 5.41) is 5.72. The first-order valence-electron chi connectivity index (χ1n) is 4.89. The largest absolute Gasteiger partial charge is 0.338 e. The van der Waals surface area contributed by atoms with Crippen LogP contribution in [0.25, 0.3) is 0 Å². The Morgan fingerprint density at radius 3 is 3.07 bits per heavy atom. The molecule has 2 amide bonds. The van der Waals surface area contributed by atoms with Crippen LogP contribution in [0, 0.1) is 0 Å². The zero-order chi connectivity index (χ0) is 11.1. The van der Waals surface area contributed by atoms with Gasteiger partial charge in [0.25, 0.3) is 0 Å². The van der Waals surface area contributed by atoms with Crippen molar-refractivity contribution in [2.24, 2.45) is 0 Å². The number of nitrogens with one attached hydrogen (secondary N) is 2. The maximum atomic E-state index is 11.3. The lowest BCUT2D eigenvalue weighted by Gasteiger charge is -2.06. The van der Waals surface area contributed by atoms with E-state index in [1.54, 1.807) is 18.3 Å². The standard InChI is InChI=1S/C10H14ClN3O/c1-2-3-6-13-10(15)14-9-8(11)5-4-7-12-9/h4-5,7H,2-3,6H2,1H3,(H2,12,13,14,15). The van der Waals surface area contributed by atoms with Crippen LogP contribution in [0.3, 0.4) is 0 Å². The topological polar surface area (TPSA) is 54.0 Å². The van der Waals surface area contributed by atoms with Crippen molar-refractivity contribution in [3.8, 4) is 0 Å². The van der Waals surface area contributed by atoms with Gasteiger partial charge in [-0.3, -0.25) is 5.32 Å². The smallest absolute Gasteiger partial charge is 0.320 e. The number of hydrogen-bond donors (Lipinski definition) is 2. The van der Waals surface area contributed by atoms with Crippen molar-refractivity contribution >= 4 is 23.4 Å². The molecule has 0 saturated carbocycles. The van der Waals surface area contributed by atoms with E-state index in [4.69, 9.17) is 11.6 Å². The van der Waals surface area contributed by atoms with Crippen molar-refractivity contribution in [1.82, 2.24) is 10.3 Å². The van der Waals surface area contributed by atoms with Crippen molar-refractivity contribution in [3.05, 3.63) is 23.4 Å². The second-order valence-electron chi connectivity index (χ2n) is 3.07. The van der Waals surface area contributed by atoms with E-state index in [2.05, 4.69) is 22.5 Å². The van der Waals surface area contributed by atoms with Crippen molar-refractivity contribution in [2.45, 2.75) is 19.8 Å². The fourth-order valence-corrected chi connectivity index (χ4v) is 1.18. The zero-order valence-electron chi connectivity index (χ0n) is 8.59. The molecule has 1 aromatic heterocycles. The molecule has 82 valence electrons. The van der Waals surface area contributed by atoms with Crippen LogP contribution in [0.2, 0.25) is 5.02 Å². The Bertz CT molecular complexity index is 330. The summed E-state index contributed by atoms with van der Waals surface area (Å²) in [4.78, 5) is 15.3. The highest BCUT2D eigenvalue weighted by molar-refractivity contribution is 6.33. The lowest BCUT2D eigenvalue weighted by Crippen LogP contribution is -2.29. The second kappa shape index (κ2) is 6.24. The fraction of sp³-hybridized carbons (Fsp3) is 0.400. The Balaban J connectivity index is 2.41. The van der Waals surface area contributed by atoms with Gasteiger partial charge in [0.15, 0.2) is 5.82 Å². The first kappa shape index (κ1) is 11.8. The Labute approximate surface area is 94.0 Å². The second-order valence-corrected chi connectivity index (χ2v) is 3.48. The molecule has 0 aliphatic heterocycles. The number of urea groups is 1. The lowest BCUT2D eigenvalue weighted by molar-refractivity contribution is 0.252. The Morgan fingerprint density at radius 1 is 1.60 bits per heavy atom. The highest BCUT2D eigenvalue weighted by atomic mass is 35.5. The van der Waals surface area contributed by atoms with E-state index in [9.17, 15) is 4.79 Å². The third-order valence-corrected chi connectivity index (χ3v) is 2.11. The van der Waals surface area contributed by atoms with E-state index in [0.29, 0.717) is 17.4 Å². The third-order valence-electron chi connectivity index (χ3n) is 1.81. The zero-order valence-corrected chi connectivity index (χ0v) is 9.34. The van der Waals surface area contributed by atoms with E-state index < -0.39 is 0 Å². The Kier molecular flexibility index (Phi) is 4.90. The summed E-state index contributed by atoms with van der Waals surface area (Å²) in [6, 6.07) is 3.11. The van der Waals surface area contributed by atoms with Crippen molar-refractivity contribution in [1.29, 1.82) is 0 Å². The van der Waals surface area contributed by atoms with Gasteiger partial charge in [-0.25, -0.2) is 9.78 Å². The number of unbranched alkanes of at least 4 members (excludes halogenated alkanes) is 1. The number of pyridine rings is 1. The van der Waals surface area contributed by atoms with E-state index in [1.165, 1.54) is 0 Å². The summed E-state index contributed by atoms with van der Waals surface area (Å²) in [6.07, 6.45) is 3.58. The summed E-state index contributed by atoms with van der Waals surface area (Å²) in [6.45, 7) is 2.72. The van der Waals surface area contributed by atoms with Gasteiger partial charge in [0, 0.05) is 12.7 Å². The molecule has 1 heterocycles. The van der Waals surface area contributed by atoms with Gasteiger partial charge in [-0.05, 0) is 18.6 Å². The minimum absolute atomic E-state index is 0.274. The average molecular weight is 228 g/mol. The Morgan fingerprint density at radius 2 is 2.40 bits per heavy atom. The van der Waals surface area contributed by atoms with Gasteiger partial charge < -0.3 is 5.32 Å². The van der Waals surface area contributed by atoms with Crippen LogP contribution in [0.1, 0.15) is 19.8 Å². The molecule has 15 heavy (non-hydrogen) atoms. The van der Waals surface area contributed by atoms with Crippen LogP contribution in [0.5, 0.6) is 0 Å². The summed E-state index contributed by atoms with van der Waals surface area (Å²) in [5.41, 5.74) is 0. The number of amides is 2. The molecule has 5 heteroatoms. The molecule has 0 unspecified atom stereocenters. The summed E-state index contributed by atoms with van der Waals surface area (Å²) >= 11 is 5.82. The summed E-state index contributed by atoms with van der Waals surface area (Å²) in [7, 11) is 0. The molecule has 1 rings (SSSR count). The maximum absolute atomic E-state index is 11.3. The highest BCUT2D eigenvalue weighted by Gasteiger charge is 2.04. The Hall–Kier alpha value is -1.29.